The molecule has 3 N–H and O–H groups in total. The number of nitrogens with two attached hydrogens (primary N) is 1. The third-order valence-corrected chi connectivity index (χ3v) is 3.90. The largest absolute Gasteiger partial charge is 0.379 e. The van der Waals surface area contributed by atoms with Crippen LogP contribution >= 0.6 is 15.9 Å². The normalized spacial score (nSPS) is 26.5. The van der Waals surface area contributed by atoms with E-state index in [9.17, 15) is 13.6 Å². The number of nitrogens with one attached hydrogen (secondary N) is 1. The van der Waals surface area contributed by atoms with Crippen molar-refractivity contribution in [3.05, 3.63) is 28.2 Å². The molecule has 1 aliphatic rings. The van der Waals surface area contributed by atoms with Crippen LogP contribution in [0.3, 0.4) is 0 Å². The lowest BCUT2D eigenvalue weighted by Crippen LogP contribution is -2.47. The molecule has 1 aromatic carbocycles. The number of hydrogen-bond acceptors (Lipinski definition) is 3. The molecule has 1 saturated heterocycles. The average molecular weight is 335 g/mol. The van der Waals surface area contributed by atoms with Crippen LogP contribution in [0.2, 0.25) is 0 Å². The van der Waals surface area contributed by atoms with Crippen molar-refractivity contribution in [3.63, 3.8) is 0 Å². The van der Waals surface area contributed by atoms with Crippen LogP contribution in [0.15, 0.2) is 16.6 Å². The maximum absolute atomic E-state index is 13.6. The number of halogens is 3. The molecule has 1 amide bonds. The minimum absolute atomic E-state index is 0.0707. The van der Waals surface area contributed by atoms with Gasteiger partial charge in [-0.05, 0) is 28.9 Å². The van der Waals surface area contributed by atoms with Gasteiger partial charge in [-0.3, -0.25) is 4.79 Å². The molecular weight excluding hydrogens is 322 g/mol. The standard InChI is InChI=1S/C12H13BrF2N2O2/c1-12(5-19-4-10(12)16)11(18)17-9-2-6(13)7(14)3-8(9)15/h2-3,10H,4-5,16H2,1H3,(H,17,18). The second kappa shape index (κ2) is 5.15. The fourth-order valence-corrected chi connectivity index (χ4v) is 2.15. The lowest BCUT2D eigenvalue weighted by Gasteiger charge is -2.25. The van der Waals surface area contributed by atoms with Crippen molar-refractivity contribution in [1.29, 1.82) is 0 Å². The summed E-state index contributed by atoms with van der Waals surface area (Å²) in [5, 5.41) is 2.42. The first-order chi connectivity index (χ1) is 8.84. The van der Waals surface area contributed by atoms with Crippen LogP contribution in [0, 0.1) is 17.0 Å². The van der Waals surface area contributed by atoms with Crippen LogP contribution in [-0.2, 0) is 9.53 Å². The Balaban J connectivity index is 2.22. The van der Waals surface area contributed by atoms with Crippen molar-refractivity contribution in [2.24, 2.45) is 11.1 Å². The van der Waals surface area contributed by atoms with E-state index in [1.165, 1.54) is 6.07 Å². The molecule has 0 bridgehead atoms. The Morgan fingerprint density at radius 3 is 2.79 bits per heavy atom. The van der Waals surface area contributed by atoms with E-state index < -0.39 is 29.0 Å². The first-order valence-corrected chi connectivity index (χ1v) is 6.43. The number of benzene rings is 1. The number of carbonyl (C=O) groups excluding carboxylic acids is 1. The molecule has 4 nitrogen and oxygen atoms in total. The predicted octanol–water partition coefficient (Wildman–Crippen LogP) is 2.03. The van der Waals surface area contributed by atoms with Gasteiger partial charge in [0, 0.05) is 12.1 Å². The van der Waals surface area contributed by atoms with Gasteiger partial charge in [-0.1, -0.05) is 0 Å². The summed E-state index contributed by atoms with van der Waals surface area (Å²) in [6.45, 7) is 2.10. The Labute approximate surface area is 117 Å². The fraction of sp³-hybridized carbons (Fsp3) is 0.417. The molecule has 0 saturated carbocycles. The van der Waals surface area contributed by atoms with Crippen molar-refractivity contribution in [2.75, 3.05) is 18.5 Å². The van der Waals surface area contributed by atoms with E-state index in [0.29, 0.717) is 6.07 Å². The van der Waals surface area contributed by atoms with Crippen LogP contribution in [0.25, 0.3) is 0 Å². The van der Waals surface area contributed by atoms with Gasteiger partial charge in [0.25, 0.3) is 0 Å². The molecule has 104 valence electrons. The van der Waals surface area contributed by atoms with Crippen LogP contribution in [0.5, 0.6) is 0 Å². The summed E-state index contributed by atoms with van der Waals surface area (Å²) < 4.78 is 31.9. The van der Waals surface area contributed by atoms with Crippen molar-refractivity contribution in [1.82, 2.24) is 0 Å². The van der Waals surface area contributed by atoms with Gasteiger partial charge in [0.15, 0.2) is 0 Å². The second-order valence-electron chi connectivity index (χ2n) is 4.74. The molecule has 0 aliphatic carbocycles. The van der Waals surface area contributed by atoms with Crippen molar-refractivity contribution >= 4 is 27.5 Å². The van der Waals surface area contributed by atoms with Crippen LogP contribution in [0.4, 0.5) is 14.5 Å². The summed E-state index contributed by atoms with van der Waals surface area (Å²) in [5.74, 6) is -2.03. The van der Waals surface area contributed by atoms with Gasteiger partial charge in [0.1, 0.15) is 11.6 Å². The highest BCUT2D eigenvalue weighted by Crippen LogP contribution is 2.30. The molecular formula is C12H13BrF2N2O2. The quantitative estimate of drug-likeness (QED) is 0.813. The molecule has 2 unspecified atom stereocenters. The van der Waals surface area contributed by atoms with Gasteiger partial charge >= 0.3 is 0 Å². The average Bonchev–Trinajstić information content (AvgIpc) is 2.68. The number of ether oxygens (including phenoxy) is 1. The lowest BCUT2D eigenvalue weighted by atomic mass is 9.85. The molecule has 0 radical (unpaired) electrons. The minimum atomic E-state index is -0.923. The Bertz CT molecular complexity index is 527. The molecule has 2 atom stereocenters. The van der Waals surface area contributed by atoms with E-state index in [-0.39, 0.29) is 23.4 Å². The van der Waals surface area contributed by atoms with Gasteiger partial charge in [-0.2, -0.15) is 0 Å². The van der Waals surface area contributed by atoms with E-state index in [1.807, 2.05) is 0 Å². The number of amides is 1. The van der Waals surface area contributed by atoms with E-state index in [1.54, 1.807) is 6.92 Å². The van der Waals surface area contributed by atoms with Gasteiger partial charge in [-0.25, -0.2) is 8.78 Å². The molecule has 1 heterocycles. The Kier molecular flexibility index (Phi) is 3.89. The van der Waals surface area contributed by atoms with E-state index in [0.717, 1.165) is 0 Å². The summed E-state index contributed by atoms with van der Waals surface area (Å²) in [6, 6.07) is 1.42. The zero-order chi connectivity index (χ0) is 14.2. The maximum Gasteiger partial charge on any atom is 0.234 e. The summed E-state index contributed by atoms with van der Waals surface area (Å²) in [7, 11) is 0. The lowest BCUT2D eigenvalue weighted by molar-refractivity contribution is -0.125. The molecule has 1 aromatic rings. The summed E-state index contributed by atoms with van der Waals surface area (Å²) in [6.07, 6.45) is 0. The highest BCUT2D eigenvalue weighted by Gasteiger charge is 2.44. The first kappa shape index (κ1) is 14.4. The molecule has 1 aliphatic heterocycles. The minimum Gasteiger partial charge on any atom is -0.379 e. The third-order valence-electron chi connectivity index (χ3n) is 3.29. The molecule has 0 spiro atoms. The number of hydrogen-bond donors (Lipinski definition) is 2. The molecule has 19 heavy (non-hydrogen) atoms. The van der Waals surface area contributed by atoms with E-state index in [4.69, 9.17) is 10.5 Å². The molecule has 0 aromatic heterocycles. The monoisotopic (exact) mass is 334 g/mol. The van der Waals surface area contributed by atoms with Crippen LogP contribution in [0.1, 0.15) is 6.92 Å². The Hall–Kier alpha value is -1.05. The Morgan fingerprint density at radius 1 is 1.53 bits per heavy atom. The zero-order valence-corrected chi connectivity index (χ0v) is 11.8. The Morgan fingerprint density at radius 2 is 2.21 bits per heavy atom. The highest BCUT2D eigenvalue weighted by atomic mass is 79.9. The van der Waals surface area contributed by atoms with Crippen LogP contribution in [-0.4, -0.2) is 25.2 Å². The zero-order valence-electron chi connectivity index (χ0n) is 10.2. The van der Waals surface area contributed by atoms with Crippen molar-refractivity contribution < 1.29 is 18.3 Å². The SMILES string of the molecule is CC1(C(=O)Nc2cc(Br)c(F)cc2F)COCC1N. The maximum atomic E-state index is 13.6. The number of rotatable bonds is 2. The van der Waals surface area contributed by atoms with Gasteiger partial charge in [-0.15, -0.1) is 0 Å². The summed E-state index contributed by atoms with van der Waals surface area (Å²) >= 11 is 2.94. The topological polar surface area (TPSA) is 64.3 Å². The van der Waals surface area contributed by atoms with Crippen molar-refractivity contribution in [3.8, 4) is 0 Å². The third kappa shape index (κ3) is 2.63. The predicted molar refractivity (Wildman–Crippen MR) is 69.6 cm³/mol. The van der Waals surface area contributed by atoms with E-state index in [2.05, 4.69) is 21.2 Å². The second-order valence-corrected chi connectivity index (χ2v) is 5.59. The number of carbonyl (C=O) groups is 1. The first-order valence-electron chi connectivity index (χ1n) is 5.64. The fourth-order valence-electron chi connectivity index (χ4n) is 1.81. The summed E-state index contributed by atoms with van der Waals surface area (Å²) in [5.41, 5.74) is 4.79. The van der Waals surface area contributed by atoms with Crippen LogP contribution < -0.4 is 11.1 Å². The molecule has 1 fully saturated rings. The van der Waals surface area contributed by atoms with Gasteiger partial charge in [0.2, 0.25) is 5.91 Å². The summed E-state index contributed by atoms with van der Waals surface area (Å²) in [4.78, 5) is 12.1. The van der Waals surface area contributed by atoms with E-state index >= 15 is 0 Å². The number of anilines is 1. The van der Waals surface area contributed by atoms with Gasteiger partial charge in [0.05, 0.1) is 28.8 Å². The smallest absolute Gasteiger partial charge is 0.234 e. The molecule has 7 heteroatoms. The highest BCUT2D eigenvalue weighted by molar-refractivity contribution is 9.10. The molecule has 2 rings (SSSR count). The van der Waals surface area contributed by atoms with Crippen molar-refractivity contribution in [2.45, 2.75) is 13.0 Å². The van der Waals surface area contributed by atoms with Gasteiger partial charge < -0.3 is 15.8 Å².